The Labute approximate surface area is 164 Å². The van der Waals surface area contributed by atoms with Crippen molar-refractivity contribution in [2.45, 2.75) is 45.2 Å². The zero-order valence-corrected chi connectivity index (χ0v) is 16.7. The number of rotatable bonds is 6. The van der Waals surface area contributed by atoms with Crippen LogP contribution in [-0.4, -0.2) is 25.3 Å². The van der Waals surface area contributed by atoms with Crippen LogP contribution in [0.1, 0.15) is 37.8 Å². The van der Waals surface area contributed by atoms with Crippen molar-refractivity contribution in [1.82, 2.24) is 0 Å². The number of aryl methyl sites for hydroxylation is 1. The molecule has 2 aromatic carbocycles. The minimum Gasteiger partial charge on any atom is -0.387 e. The predicted molar refractivity (Wildman–Crippen MR) is 109 cm³/mol. The first kappa shape index (κ1) is 23.4. The molecular weight excluding hydrogens is 365 g/mol. The molecule has 0 amide bonds. The molecular formula is C22H27F3N2O. The van der Waals surface area contributed by atoms with Gasteiger partial charge in [0.1, 0.15) is 6.29 Å². The highest BCUT2D eigenvalue weighted by Crippen LogP contribution is 2.35. The lowest BCUT2D eigenvalue weighted by Gasteiger charge is -2.30. The number of hydrogen-bond donors (Lipinski definition) is 1. The van der Waals surface area contributed by atoms with Crippen molar-refractivity contribution in [2.75, 3.05) is 7.05 Å². The number of carbonyl (C=O) groups excluding carboxylic acids is 1. The van der Waals surface area contributed by atoms with Gasteiger partial charge >= 0.3 is 6.18 Å². The maximum Gasteiger partial charge on any atom is 0.386 e. The van der Waals surface area contributed by atoms with Gasteiger partial charge in [-0.05, 0) is 29.2 Å². The zero-order valence-electron chi connectivity index (χ0n) is 16.7. The Morgan fingerprint density at radius 3 is 2.14 bits per heavy atom. The number of nitrogens with two attached hydrogens (primary N) is 1. The van der Waals surface area contributed by atoms with Gasteiger partial charge in [-0.3, -0.25) is 4.99 Å². The van der Waals surface area contributed by atoms with E-state index in [9.17, 15) is 18.0 Å². The molecule has 0 saturated carbocycles. The monoisotopic (exact) mass is 392 g/mol. The molecule has 0 fully saturated rings. The zero-order chi connectivity index (χ0) is 21.4. The third-order valence-electron chi connectivity index (χ3n) is 4.39. The summed E-state index contributed by atoms with van der Waals surface area (Å²) in [7, 11) is 1.68. The van der Waals surface area contributed by atoms with Gasteiger partial charge in [0.25, 0.3) is 0 Å². The first-order chi connectivity index (χ1) is 13.0. The Morgan fingerprint density at radius 2 is 1.64 bits per heavy atom. The van der Waals surface area contributed by atoms with Crippen LogP contribution in [0, 0.1) is 6.92 Å². The van der Waals surface area contributed by atoms with E-state index in [2.05, 4.69) is 49.2 Å². The molecule has 0 radical (unpaired) electrons. The van der Waals surface area contributed by atoms with Crippen molar-refractivity contribution in [3.05, 3.63) is 59.7 Å². The summed E-state index contributed by atoms with van der Waals surface area (Å²) in [5, 5.41) is 0. The van der Waals surface area contributed by atoms with Gasteiger partial charge in [-0.15, -0.1) is 0 Å². The Kier molecular flexibility index (Phi) is 8.41. The van der Waals surface area contributed by atoms with Crippen molar-refractivity contribution in [3.8, 4) is 11.1 Å². The summed E-state index contributed by atoms with van der Waals surface area (Å²) in [5.41, 5.74) is 10.2. The fraction of sp³-hybridized carbons (Fsp3) is 0.364. The molecule has 152 valence electrons. The lowest BCUT2D eigenvalue weighted by molar-refractivity contribution is -0.110. The maximum atomic E-state index is 11.2. The smallest absolute Gasteiger partial charge is 0.386 e. The third kappa shape index (κ3) is 7.55. The standard InChI is InChI=1S/C20H24N2O.C2H3F3/c1-15-9-10-17(16-7-5-4-6-8-16)13-18(15)20(2,11-12-23)14-19(21)22-3;1-2(3,4)5/h4-10,12-13H,11,14H2,1-3H3,(H2,21,22);1H3. The van der Waals surface area contributed by atoms with E-state index in [1.165, 1.54) is 5.56 Å². The summed E-state index contributed by atoms with van der Waals surface area (Å²) in [6.45, 7) is 4.34. The molecule has 28 heavy (non-hydrogen) atoms. The van der Waals surface area contributed by atoms with Crippen LogP contribution in [0.15, 0.2) is 53.5 Å². The molecule has 0 aliphatic carbocycles. The number of aliphatic imine (C=N–C) groups is 1. The first-order valence-corrected chi connectivity index (χ1v) is 8.88. The van der Waals surface area contributed by atoms with E-state index < -0.39 is 6.18 Å². The normalized spacial score (nSPS) is 13.9. The molecule has 3 nitrogen and oxygen atoms in total. The van der Waals surface area contributed by atoms with E-state index in [1.54, 1.807) is 7.05 Å². The van der Waals surface area contributed by atoms with Crippen LogP contribution in [0.25, 0.3) is 11.1 Å². The van der Waals surface area contributed by atoms with Crippen molar-refractivity contribution >= 4 is 12.1 Å². The number of nitrogens with zero attached hydrogens (tertiary/aromatic N) is 1. The molecule has 6 heteroatoms. The van der Waals surface area contributed by atoms with Crippen LogP contribution >= 0.6 is 0 Å². The Morgan fingerprint density at radius 1 is 1.07 bits per heavy atom. The summed E-state index contributed by atoms with van der Waals surface area (Å²) in [4.78, 5) is 15.3. The molecule has 0 saturated heterocycles. The van der Waals surface area contributed by atoms with E-state index in [4.69, 9.17) is 5.73 Å². The summed E-state index contributed by atoms with van der Waals surface area (Å²) in [5.74, 6) is 0.568. The van der Waals surface area contributed by atoms with Crippen molar-refractivity contribution in [1.29, 1.82) is 0 Å². The third-order valence-corrected chi connectivity index (χ3v) is 4.39. The van der Waals surface area contributed by atoms with E-state index in [1.807, 2.05) is 18.2 Å². The highest BCUT2D eigenvalue weighted by Gasteiger charge is 2.29. The number of aldehydes is 1. The van der Waals surface area contributed by atoms with Crippen LogP contribution < -0.4 is 5.73 Å². The van der Waals surface area contributed by atoms with Gasteiger partial charge in [0, 0.05) is 32.2 Å². The number of halogens is 3. The lowest BCUT2D eigenvalue weighted by Crippen LogP contribution is -2.30. The number of amidine groups is 1. The summed E-state index contributed by atoms with van der Waals surface area (Å²) < 4.78 is 31.1. The topological polar surface area (TPSA) is 55.4 Å². The Balaban J connectivity index is 0.000000696. The molecule has 2 aromatic rings. The van der Waals surface area contributed by atoms with Gasteiger partial charge < -0.3 is 10.5 Å². The fourth-order valence-corrected chi connectivity index (χ4v) is 3.02. The van der Waals surface area contributed by atoms with E-state index in [0.717, 1.165) is 23.0 Å². The van der Waals surface area contributed by atoms with Gasteiger partial charge in [0.2, 0.25) is 0 Å². The predicted octanol–water partition coefficient (Wildman–Crippen LogP) is 5.45. The minimum atomic E-state index is -4.00. The number of carbonyl (C=O) groups is 1. The lowest BCUT2D eigenvalue weighted by atomic mass is 9.74. The number of hydrogen-bond acceptors (Lipinski definition) is 2. The summed E-state index contributed by atoms with van der Waals surface area (Å²) >= 11 is 0. The second-order valence-corrected chi connectivity index (χ2v) is 7.00. The van der Waals surface area contributed by atoms with Crippen molar-refractivity contribution in [2.24, 2.45) is 10.7 Å². The maximum absolute atomic E-state index is 11.2. The molecule has 2 N–H and O–H groups in total. The molecule has 0 spiro atoms. The fourth-order valence-electron chi connectivity index (χ4n) is 3.02. The molecule has 0 bridgehead atoms. The first-order valence-electron chi connectivity index (χ1n) is 8.88. The second-order valence-electron chi connectivity index (χ2n) is 7.00. The van der Waals surface area contributed by atoms with Crippen molar-refractivity contribution in [3.63, 3.8) is 0 Å². The average Bonchev–Trinajstić information content (AvgIpc) is 2.61. The van der Waals surface area contributed by atoms with E-state index >= 15 is 0 Å². The SMILES string of the molecule is CC(F)(F)F.CN=C(N)CC(C)(CC=O)c1cc(-c2ccccc2)ccc1C. The second kappa shape index (κ2) is 10.1. The number of alkyl halides is 3. The van der Waals surface area contributed by atoms with Gasteiger partial charge in [-0.1, -0.05) is 55.5 Å². The van der Waals surface area contributed by atoms with E-state index in [-0.39, 0.29) is 12.3 Å². The highest BCUT2D eigenvalue weighted by atomic mass is 19.4. The van der Waals surface area contributed by atoms with Crippen molar-refractivity contribution < 1.29 is 18.0 Å². The summed E-state index contributed by atoms with van der Waals surface area (Å²) in [6, 6.07) is 16.7. The molecule has 2 rings (SSSR count). The minimum absolute atomic E-state index is 0.188. The van der Waals surface area contributed by atoms with E-state index in [0.29, 0.717) is 18.7 Å². The molecule has 0 heterocycles. The van der Waals surface area contributed by atoms with Crippen LogP contribution in [0.4, 0.5) is 13.2 Å². The molecule has 0 aliphatic heterocycles. The average molecular weight is 392 g/mol. The van der Waals surface area contributed by atoms with Crippen LogP contribution in [0.2, 0.25) is 0 Å². The molecule has 1 unspecified atom stereocenters. The Hall–Kier alpha value is -2.63. The molecule has 1 atom stereocenters. The molecule has 0 aliphatic rings. The van der Waals surface area contributed by atoms with Gasteiger partial charge in [0.15, 0.2) is 0 Å². The molecule has 0 aromatic heterocycles. The van der Waals surface area contributed by atoms with Gasteiger partial charge in [-0.2, -0.15) is 13.2 Å². The van der Waals surface area contributed by atoms with Gasteiger partial charge in [-0.25, -0.2) is 0 Å². The van der Waals surface area contributed by atoms with Crippen LogP contribution in [0.3, 0.4) is 0 Å². The largest absolute Gasteiger partial charge is 0.387 e. The highest BCUT2D eigenvalue weighted by molar-refractivity contribution is 5.82. The Bertz CT molecular complexity index is 795. The number of benzene rings is 2. The summed E-state index contributed by atoms with van der Waals surface area (Å²) in [6.07, 6.45) is -2.04. The quantitative estimate of drug-likeness (QED) is 0.403. The van der Waals surface area contributed by atoms with Gasteiger partial charge in [0.05, 0.1) is 5.84 Å². The van der Waals surface area contributed by atoms with Crippen LogP contribution in [0.5, 0.6) is 0 Å². The van der Waals surface area contributed by atoms with Crippen LogP contribution in [-0.2, 0) is 10.2 Å².